The number of thiocarbonyl (C=S) groups is 1. The maximum atomic E-state index is 6.37. The lowest BCUT2D eigenvalue weighted by Gasteiger charge is -2.36. The van der Waals surface area contributed by atoms with Crippen molar-refractivity contribution in [3.05, 3.63) is 58.9 Å². The van der Waals surface area contributed by atoms with E-state index in [-0.39, 0.29) is 5.11 Å². The summed E-state index contributed by atoms with van der Waals surface area (Å²) in [5, 5.41) is 4.72. The number of nitrogens with zero attached hydrogens (tertiary/aromatic N) is 4. The Hall–Kier alpha value is -2.22. The summed E-state index contributed by atoms with van der Waals surface area (Å²) < 4.78 is 0. The number of nitrogens with two attached hydrogens (primary N) is 1. The Bertz CT molecular complexity index is 775. The molecule has 6 nitrogen and oxygen atoms in total. The van der Waals surface area contributed by atoms with Crippen LogP contribution in [0.15, 0.2) is 47.8 Å². The fourth-order valence-electron chi connectivity index (χ4n) is 2.89. The second kappa shape index (κ2) is 8.93. The van der Waals surface area contributed by atoms with Gasteiger partial charge in [-0.15, -0.1) is 0 Å². The zero-order valence-electron chi connectivity index (χ0n) is 14.3. The predicted molar refractivity (Wildman–Crippen MR) is 111 cm³/mol. The van der Waals surface area contributed by atoms with E-state index in [0.717, 1.165) is 44.0 Å². The minimum Gasteiger partial charge on any atom is -0.375 e. The van der Waals surface area contributed by atoms with Crippen molar-refractivity contribution in [1.82, 2.24) is 15.3 Å². The quantitative estimate of drug-likeness (QED) is 0.465. The number of anilines is 1. The first-order valence-corrected chi connectivity index (χ1v) is 9.15. The van der Waals surface area contributed by atoms with Crippen LogP contribution in [0.3, 0.4) is 0 Å². The molecular weight excluding hydrogens is 368 g/mol. The number of rotatable bonds is 5. The SMILES string of the molecule is NC(=S)N/N=C/c1ccc(N2CCN(Cc3ccncc3)CC2)cc1Cl. The Balaban J connectivity index is 1.56. The van der Waals surface area contributed by atoms with E-state index in [1.165, 1.54) is 5.56 Å². The zero-order chi connectivity index (χ0) is 18.4. The summed E-state index contributed by atoms with van der Waals surface area (Å²) in [4.78, 5) is 8.87. The molecule has 3 N–H and O–H groups in total. The van der Waals surface area contributed by atoms with Crippen molar-refractivity contribution >= 4 is 40.8 Å². The average molecular weight is 389 g/mol. The fraction of sp³-hybridized carbons (Fsp3) is 0.278. The van der Waals surface area contributed by atoms with Gasteiger partial charge in [0.25, 0.3) is 0 Å². The van der Waals surface area contributed by atoms with Crippen LogP contribution in [-0.4, -0.2) is 47.4 Å². The molecule has 1 aliphatic rings. The van der Waals surface area contributed by atoms with Crippen molar-refractivity contribution in [2.75, 3.05) is 31.1 Å². The number of aromatic nitrogens is 1. The Morgan fingerprint density at radius 2 is 1.96 bits per heavy atom. The van der Waals surface area contributed by atoms with Gasteiger partial charge in [-0.25, -0.2) is 0 Å². The third-order valence-electron chi connectivity index (χ3n) is 4.26. The van der Waals surface area contributed by atoms with Gasteiger partial charge in [0.2, 0.25) is 0 Å². The van der Waals surface area contributed by atoms with Gasteiger partial charge in [0.05, 0.1) is 11.2 Å². The normalized spacial score (nSPS) is 15.3. The van der Waals surface area contributed by atoms with E-state index in [0.29, 0.717) is 5.02 Å². The number of pyridine rings is 1. The number of hydrogen-bond donors (Lipinski definition) is 2. The molecule has 0 radical (unpaired) electrons. The summed E-state index contributed by atoms with van der Waals surface area (Å²) in [6.45, 7) is 4.93. The highest BCUT2D eigenvalue weighted by Crippen LogP contribution is 2.24. The number of hydrazone groups is 1. The highest BCUT2D eigenvalue weighted by molar-refractivity contribution is 7.80. The van der Waals surface area contributed by atoms with Crippen LogP contribution < -0.4 is 16.1 Å². The molecule has 136 valence electrons. The molecule has 8 heteroatoms. The van der Waals surface area contributed by atoms with Gasteiger partial charge in [0, 0.05) is 56.4 Å². The first-order chi connectivity index (χ1) is 12.6. The summed E-state index contributed by atoms with van der Waals surface area (Å²) >= 11 is 11.1. The summed E-state index contributed by atoms with van der Waals surface area (Å²) in [6, 6.07) is 10.1. The largest absolute Gasteiger partial charge is 0.375 e. The molecule has 26 heavy (non-hydrogen) atoms. The lowest BCUT2D eigenvalue weighted by atomic mass is 10.1. The molecule has 0 atom stereocenters. The average Bonchev–Trinajstić information content (AvgIpc) is 2.64. The minimum absolute atomic E-state index is 0.124. The van der Waals surface area contributed by atoms with Crippen molar-refractivity contribution in [3.8, 4) is 0 Å². The molecule has 0 aliphatic carbocycles. The van der Waals surface area contributed by atoms with Crippen LogP contribution in [0.1, 0.15) is 11.1 Å². The molecule has 1 aliphatic heterocycles. The minimum atomic E-state index is 0.124. The van der Waals surface area contributed by atoms with Crippen LogP contribution in [-0.2, 0) is 6.54 Å². The highest BCUT2D eigenvalue weighted by Gasteiger charge is 2.17. The van der Waals surface area contributed by atoms with Gasteiger partial charge in [0.15, 0.2) is 5.11 Å². The van der Waals surface area contributed by atoms with Gasteiger partial charge in [-0.2, -0.15) is 5.10 Å². The molecule has 0 amide bonds. The highest BCUT2D eigenvalue weighted by atomic mass is 35.5. The number of benzene rings is 1. The Labute approximate surface area is 163 Å². The maximum Gasteiger partial charge on any atom is 0.184 e. The lowest BCUT2D eigenvalue weighted by Crippen LogP contribution is -2.45. The van der Waals surface area contributed by atoms with Gasteiger partial charge < -0.3 is 10.6 Å². The van der Waals surface area contributed by atoms with Crippen molar-refractivity contribution in [3.63, 3.8) is 0 Å². The first-order valence-electron chi connectivity index (χ1n) is 8.36. The zero-order valence-corrected chi connectivity index (χ0v) is 15.9. The van der Waals surface area contributed by atoms with Crippen LogP contribution in [0.2, 0.25) is 5.02 Å². The summed E-state index contributed by atoms with van der Waals surface area (Å²) in [5.74, 6) is 0. The van der Waals surface area contributed by atoms with Gasteiger partial charge in [-0.1, -0.05) is 11.6 Å². The van der Waals surface area contributed by atoms with Crippen molar-refractivity contribution in [2.45, 2.75) is 6.54 Å². The molecule has 1 fully saturated rings. The molecule has 0 unspecified atom stereocenters. The van der Waals surface area contributed by atoms with E-state index in [1.54, 1.807) is 6.21 Å². The number of halogens is 1. The van der Waals surface area contributed by atoms with E-state index < -0.39 is 0 Å². The van der Waals surface area contributed by atoms with Crippen LogP contribution in [0.5, 0.6) is 0 Å². The molecule has 0 spiro atoms. The second-order valence-corrected chi connectivity index (χ2v) is 6.91. The van der Waals surface area contributed by atoms with E-state index in [2.05, 4.69) is 43.5 Å². The number of piperazine rings is 1. The van der Waals surface area contributed by atoms with Gasteiger partial charge in [0.1, 0.15) is 0 Å². The van der Waals surface area contributed by atoms with Crippen molar-refractivity contribution in [2.24, 2.45) is 10.8 Å². The monoisotopic (exact) mass is 388 g/mol. The van der Waals surface area contributed by atoms with E-state index in [4.69, 9.17) is 29.6 Å². The third-order valence-corrected chi connectivity index (χ3v) is 4.67. The maximum absolute atomic E-state index is 6.37. The molecule has 0 bridgehead atoms. The molecule has 2 aromatic rings. The van der Waals surface area contributed by atoms with Crippen LogP contribution in [0.25, 0.3) is 0 Å². The Kier molecular flexibility index (Phi) is 6.38. The standard InChI is InChI=1S/C18H21ClN6S/c19-17-11-16(2-1-15(17)12-22-23-18(20)26)25-9-7-24(8-10-25)13-14-3-5-21-6-4-14/h1-6,11-12H,7-10,13H2,(H3,20,23,26)/b22-12+. The summed E-state index contributed by atoms with van der Waals surface area (Å²) in [6.07, 6.45) is 5.29. The first kappa shape index (κ1) is 18.6. The van der Waals surface area contributed by atoms with E-state index >= 15 is 0 Å². The summed E-state index contributed by atoms with van der Waals surface area (Å²) in [5.41, 5.74) is 11.1. The Morgan fingerprint density at radius 1 is 1.23 bits per heavy atom. The van der Waals surface area contributed by atoms with E-state index in [9.17, 15) is 0 Å². The molecular formula is C18H21ClN6S. The third kappa shape index (κ3) is 5.14. The van der Waals surface area contributed by atoms with Crippen molar-refractivity contribution in [1.29, 1.82) is 0 Å². The Morgan fingerprint density at radius 3 is 2.62 bits per heavy atom. The molecule has 0 saturated carbocycles. The van der Waals surface area contributed by atoms with Crippen LogP contribution in [0, 0.1) is 0 Å². The van der Waals surface area contributed by atoms with E-state index in [1.807, 2.05) is 24.5 Å². The summed E-state index contributed by atoms with van der Waals surface area (Å²) in [7, 11) is 0. The fourth-order valence-corrected chi connectivity index (χ4v) is 3.17. The number of nitrogens with one attached hydrogen (secondary N) is 1. The van der Waals surface area contributed by atoms with Gasteiger partial charge in [-0.3, -0.25) is 15.3 Å². The molecule has 1 aromatic heterocycles. The predicted octanol–water partition coefficient (Wildman–Crippen LogP) is 2.22. The van der Waals surface area contributed by atoms with Crippen LogP contribution in [0.4, 0.5) is 5.69 Å². The molecule has 1 aromatic carbocycles. The molecule has 2 heterocycles. The van der Waals surface area contributed by atoms with Gasteiger partial charge in [-0.05, 0) is 48.1 Å². The number of hydrogen-bond acceptors (Lipinski definition) is 5. The molecule has 3 rings (SSSR count). The second-order valence-electron chi connectivity index (χ2n) is 6.06. The van der Waals surface area contributed by atoms with Crippen molar-refractivity contribution < 1.29 is 0 Å². The topological polar surface area (TPSA) is 69.8 Å². The lowest BCUT2D eigenvalue weighted by molar-refractivity contribution is 0.250. The smallest absolute Gasteiger partial charge is 0.184 e. The van der Waals surface area contributed by atoms with Crippen LogP contribution >= 0.6 is 23.8 Å². The molecule has 1 saturated heterocycles. The van der Waals surface area contributed by atoms with Gasteiger partial charge >= 0.3 is 0 Å².